The molecular formula is C24H29N5O. The zero-order chi connectivity index (χ0) is 20.6. The highest BCUT2D eigenvalue weighted by Crippen LogP contribution is 2.26. The van der Waals surface area contributed by atoms with Crippen LogP contribution in [0.15, 0.2) is 67.1 Å². The number of piperidine rings is 1. The highest BCUT2D eigenvalue weighted by atomic mass is 16.1. The number of nitrogens with zero attached hydrogens (tertiary/aromatic N) is 4. The number of pyridine rings is 1. The molecule has 1 aliphatic heterocycles. The molecule has 0 saturated carbocycles. The molecule has 0 radical (unpaired) electrons. The molecule has 0 bridgehead atoms. The summed E-state index contributed by atoms with van der Waals surface area (Å²) in [5, 5.41) is 7.57. The van der Waals surface area contributed by atoms with Gasteiger partial charge in [-0.15, -0.1) is 0 Å². The SMILES string of the molecule is O=C(CCCc1ccccc1)Nc1ccnn1C1CCN(Cc2cccnc2)CC1. The van der Waals surface area contributed by atoms with E-state index in [-0.39, 0.29) is 5.91 Å². The lowest BCUT2D eigenvalue weighted by Crippen LogP contribution is -2.35. The third-order valence-electron chi connectivity index (χ3n) is 5.68. The number of likely N-dealkylation sites (tertiary alicyclic amines) is 1. The normalized spacial score (nSPS) is 15.2. The van der Waals surface area contributed by atoms with Crippen LogP contribution in [0.4, 0.5) is 5.82 Å². The average molecular weight is 404 g/mol. The first kappa shape index (κ1) is 20.3. The van der Waals surface area contributed by atoms with Gasteiger partial charge in [-0.3, -0.25) is 14.7 Å². The predicted molar refractivity (Wildman–Crippen MR) is 118 cm³/mol. The van der Waals surface area contributed by atoms with Crippen molar-refractivity contribution in [1.29, 1.82) is 0 Å². The van der Waals surface area contributed by atoms with Crippen molar-refractivity contribution in [3.63, 3.8) is 0 Å². The Labute approximate surface area is 177 Å². The summed E-state index contributed by atoms with van der Waals surface area (Å²) in [5.41, 5.74) is 2.52. The van der Waals surface area contributed by atoms with Gasteiger partial charge in [-0.2, -0.15) is 5.10 Å². The summed E-state index contributed by atoms with van der Waals surface area (Å²) >= 11 is 0. The number of hydrogen-bond donors (Lipinski definition) is 1. The lowest BCUT2D eigenvalue weighted by atomic mass is 10.0. The minimum absolute atomic E-state index is 0.0571. The van der Waals surface area contributed by atoms with Gasteiger partial charge in [-0.05, 0) is 42.9 Å². The monoisotopic (exact) mass is 403 g/mol. The molecule has 3 aromatic rings. The predicted octanol–water partition coefficient (Wildman–Crippen LogP) is 4.08. The molecule has 0 aliphatic carbocycles. The quantitative estimate of drug-likeness (QED) is 0.616. The van der Waals surface area contributed by atoms with E-state index in [1.165, 1.54) is 11.1 Å². The Hall–Kier alpha value is -2.99. The fourth-order valence-corrected chi connectivity index (χ4v) is 4.08. The summed E-state index contributed by atoms with van der Waals surface area (Å²) in [4.78, 5) is 19.1. The molecule has 156 valence electrons. The van der Waals surface area contributed by atoms with Crippen LogP contribution < -0.4 is 5.32 Å². The zero-order valence-electron chi connectivity index (χ0n) is 17.3. The molecule has 4 rings (SSSR count). The summed E-state index contributed by atoms with van der Waals surface area (Å²) < 4.78 is 2.00. The number of aromatic nitrogens is 3. The molecule has 1 saturated heterocycles. The van der Waals surface area contributed by atoms with E-state index in [1.54, 1.807) is 6.20 Å². The van der Waals surface area contributed by atoms with Gasteiger partial charge in [0.1, 0.15) is 5.82 Å². The maximum atomic E-state index is 12.4. The van der Waals surface area contributed by atoms with Crippen molar-refractivity contribution in [2.45, 2.75) is 44.7 Å². The zero-order valence-corrected chi connectivity index (χ0v) is 17.3. The standard InChI is InChI=1S/C24H29N5O/c30-24(10-4-8-20-6-2-1-3-7-20)27-23-11-15-26-29(23)22-12-16-28(17-13-22)19-21-9-5-14-25-18-21/h1-3,5-7,9,11,14-15,18,22H,4,8,10,12-13,16-17,19H2,(H,27,30). The molecule has 6 heteroatoms. The summed E-state index contributed by atoms with van der Waals surface area (Å²) in [6.45, 7) is 2.97. The largest absolute Gasteiger partial charge is 0.311 e. The number of carbonyl (C=O) groups excluding carboxylic acids is 1. The van der Waals surface area contributed by atoms with E-state index in [0.29, 0.717) is 12.5 Å². The Morgan fingerprint density at radius 3 is 2.57 bits per heavy atom. The van der Waals surface area contributed by atoms with Crippen LogP contribution in [0.3, 0.4) is 0 Å². The lowest BCUT2D eigenvalue weighted by molar-refractivity contribution is -0.116. The van der Waals surface area contributed by atoms with E-state index >= 15 is 0 Å². The summed E-state index contributed by atoms with van der Waals surface area (Å²) in [6.07, 6.45) is 9.86. The molecular weight excluding hydrogens is 374 g/mol. The van der Waals surface area contributed by atoms with Gasteiger partial charge in [0.25, 0.3) is 0 Å². The Morgan fingerprint density at radius 2 is 1.80 bits per heavy atom. The molecule has 0 unspecified atom stereocenters. The molecule has 1 aliphatic rings. The number of hydrogen-bond acceptors (Lipinski definition) is 4. The van der Waals surface area contributed by atoms with Crippen molar-refractivity contribution in [3.05, 3.63) is 78.2 Å². The van der Waals surface area contributed by atoms with E-state index in [4.69, 9.17) is 0 Å². The van der Waals surface area contributed by atoms with Crippen LogP contribution in [0.2, 0.25) is 0 Å². The number of nitrogens with one attached hydrogen (secondary N) is 1. The molecule has 30 heavy (non-hydrogen) atoms. The second-order valence-electron chi connectivity index (χ2n) is 7.92. The minimum atomic E-state index is 0.0571. The van der Waals surface area contributed by atoms with Gasteiger partial charge >= 0.3 is 0 Å². The smallest absolute Gasteiger partial charge is 0.225 e. The molecule has 2 aromatic heterocycles. The highest BCUT2D eigenvalue weighted by molar-refractivity contribution is 5.89. The third-order valence-corrected chi connectivity index (χ3v) is 5.68. The maximum absolute atomic E-state index is 12.4. The second kappa shape index (κ2) is 10.2. The number of anilines is 1. The van der Waals surface area contributed by atoms with E-state index in [2.05, 4.69) is 38.5 Å². The molecule has 3 heterocycles. The van der Waals surface area contributed by atoms with Gasteiger partial charge in [0.2, 0.25) is 5.91 Å². The van der Waals surface area contributed by atoms with Crippen molar-refractivity contribution in [3.8, 4) is 0 Å². The van der Waals surface area contributed by atoms with Crippen molar-refractivity contribution >= 4 is 11.7 Å². The lowest BCUT2D eigenvalue weighted by Gasteiger charge is -2.32. The Bertz CT molecular complexity index is 917. The van der Waals surface area contributed by atoms with E-state index in [9.17, 15) is 4.79 Å². The van der Waals surface area contributed by atoms with Gasteiger partial charge in [0.15, 0.2) is 0 Å². The fraction of sp³-hybridized carbons (Fsp3) is 0.375. The number of amides is 1. The van der Waals surface area contributed by atoms with Crippen molar-refractivity contribution in [1.82, 2.24) is 19.7 Å². The minimum Gasteiger partial charge on any atom is -0.311 e. The van der Waals surface area contributed by atoms with E-state index < -0.39 is 0 Å². The average Bonchev–Trinajstić information content (AvgIpc) is 3.24. The van der Waals surface area contributed by atoms with Crippen LogP contribution in [0.25, 0.3) is 0 Å². The second-order valence-corrected chi connectivity index (χ2v) is 7.92. The van der Waals surface area contributed by atoms with Gasteiger partial charge in [0, 0.05) is 44.5 Å². The van der Waals surface area contributed by atoms with Gasteiger partial charge in [0.05, 0.1) is 12.2 Å². The number of rotatable bonds is 8. The Morgan fingerprint density at radius 1 is 1.00 bits per heavy atom. The number of benzene rings is 1. The number of carbonyl (C=O) groups is 1. The fourth-order valence-electron chi connectivity index (χ4n) is 4.08. The molecule has 1 fully saturated rings. The van der Waals surface area contributed by atoms with Crippen LogP contribution in [0, 0.1) is 0 Å². The first-order valence-corrected chi connectivity index (χ1v) is 10.8. The summed E-state index contributed by atoms with van der Waals surface area (Å²) in [6, 6.07) is 16.6. The molecule has 1 aromatic carbocycles. The first-order valence-electron chi connectivity index (χ1n) is 10.8. The first-order chi connectivity index (χ1) is 14.8. The van der Waals surface area contributed by atoms with Crippen LogP contribution in [-0.2, 0) is 17.8 Å². The molecule has 6 nitrogen and oxygen atoms in total. The number of aryl methyl sites for hydroxylation is 1. The Kier molecular flexibility index (Phi) is 6.87. The van der Waals surface area contributed by atoms with Crippen LogP contribution in [0.5, 0.6) is 0 Å². The highest BCUT2D eigenvalue weighted by Gasteiger charge is 2.23. The van der Waals surface area contributed by atoms with E-state index in [1.807, 2.05) is 47.4 Å². The van der Waals surface area contributed by atoms with Gasteiger partial charge < -0.3 is 5.32 Å². The van der Waals surface area contributed by atoms with Crippen molar-refractivity contribution in [2.75, 3.05) is 18.4 Å². The van der Waals surface area contributed by atoms with Crippen LogP contribution in [-0.4, -0.2) is 38.7 Å². The van der Waals surface area contributed by atoms with E-state index in [0.717, 1.165) is 51.1 Å². The van der Waals surface area contributed by atoms with Crippen molar-refractivity contribution in [2.24, 2.45) is 0 Å². The van der Waals surface area contributed by atoms with Crippen molar-refractivity contribution < 1.29 is 4.79 Å². The molecule has 1 amide bonds. The molecule has 0 spiro atoms. The summed E-state index contributed by atoms with van der Waals surface area (Å²) in [5.74, 6) is 0.868. The molecule has 0 atom stereocenters. The molecule has 1 N–H and O–H groups in total. The van der Waals surface area contributed by atoms with Gasteiger partial charge in [-0.25, -0.2) is 4.68 Å². The van der Waals surface area contributed by atoms with Crippen LogP contribution in [0.1, 0.15) is 42.9 Å². The third kappa shape index (κ3) is 5.54. The van der Waals surface area contributed by atoms with Crippen LogP contribution >= 0.6 is 0 Å². The Balaban J connectivity index is 1.24. The maximum Gasteiger partial charge on any atom is 0.225 e. The summed E-state index contributed by atoms with van der Waals surface area (Å²) in [7, 11) is 0. The topological polar surface area (TPSA) is 63.1 Å². The van der Waals surface area contributed by atoms with Gasteiger partial charge in [-0.1, -0.05) is 36.4 Å².